The van der Waals surface area contributed by atoms with E-state index in [4.69, 9.17) is 11.6 Å². The molecule has 0 spiro atoms. The van der Waals surface area contributed by atoms with Crippen LogP contribution in [0.1, 0.15) is 20.3 Å². The third-order valence-corrected chi connectivity index (χ3v) is 3.37. The number of benzene rings is 1. The molecule has 4 nitrogen and oxygen atoms in total. The van der Waals surface area contributed by atoms with Crippen LogP contribution in [0.3, 0.4) is 0 Å². The molecule has 0 bridgehead atoms. The minimum absolute atomic E-state index is 0.0484. The summed E-state index contributed by atoms with van der Waals surface area (Å²) >= 11 is 5.64. The zero-order valence-electron chi connectivity index (χ0n) is 11.2. The first kappa shape index (κ1) is 14.8. The Bertz CT molecular complexity index is 548. The first-order chi connectivity index (χ1) is 9.38. The van der Waals surface area contributed by atoms with Crippen molar-refractivity contribution in [3.8, 4) is 0 Å². The lowest BCUT2D eigenvalue weighted by atomic mass is 10.2. The Morgan fingerprint density at radius 3 is 2.55 bits per heavy atom. The summed E-state index contributed by atoms with van der Waals surface area (Å²) < 4.78 is 13.0. The predicted octanol–water partition coefficient (Wildman–Crippen LogP) is 2.58. The van der Waals surface area contributed by atoms with Gasteiger partial charge in [-0.15, -0.1) is 0 Å². The van der Waals surface area contributed by atoms with Crippen LogP contribution in [0.5, 0.6) is 0 Å². The fourth-order valence-corrected chi connectivity index (χ4v) is 2.16. The van der Waals surface area contributed by atoms with Gasteiger partial charge in [0.05, 0.1) is 16.9 Å². The Morgan fingerprint density at radius 1 is 1.30 bits per heavy atom. The number of rotatable bonds is 4. The first-order valence-corrected chi connectivity index (χ1v) is 6.82. The fourth-order valence-electron chi connectivity index (χ4n) is 1.97. The summed E-state index contributed by atoms with van der Waals surface area (Å²) in [4.78, 5) is 23.7. The van der Waals surface area contributed by atoms with Crippen LogP contribution in [-0.4, -0.2) is 17.9 Å². The second kappa shape index (κ2) is 5.79. The van der Waals surface area contributed by atoms with Crippen LogP contribution in [0.2, 0.25) is 5.02 Å². The fraction of sp³-hybridized carbons (Fsp3) is 0.429. The highest BCUT2D eigenvalue weighted by molar-refractivity contribution is 6.31. The van der Waals surface area contributed by atoms with E-state index in [1.807, 2.05) is 13.8 Å². The van der Waals surface area contributed by atoms with E-state index < -0.39 is 5.82 Å². The van der Waals surface area contributed by atoms with Gasteiger partial charge >= 0.3 is 0 Å². The molecule has 1 saturated carbocycles. The molecule has 0 aliphatic heterocycles. The van der Waals surface area contributed by atoms with Crippen LogP contribution < -0.4 is 10.6 Å². The van der Waals surface area contributed by atoms with Crippen molar-refractivity contribution >= 4 is 29.1 Å². The topological polar surface area (TPSA) is 58.2 Å². The number of carbonyl (C=O) groups is 2. The van der Waals surface area contributed by atoms with Gasteiger partial charge in [0.25, 0.3) is 0 Å². The van der Waals surface area contributed by atoms with Gasteiger partial charge in [0.1, 0.15) is 5.82 Å². The van der Waals surface area contributed by atoms with E-state index in [1.165, 1.54) is 18.2 Å². The number of nitrogens with one attached hydrogen (secondary N) is 2. The summed E-state index contributed by atoms with van der Waals surface area (Å²) in [7, 11) is 0. The highest BCUT2D eigenvalue weighted by Gasteiger charge is 2.48. The molecule has 0 radical (unpaired) electrons. The lowest BCUT2D eigenvalue weighted by Gasteiger charge is -2.08. The third-order valence-electron chi connectivity index (χ3n) is 3.08. The second-order valence-corrected chi connectivity index (χ2v) is 5.64. The molecule has 0 heterocycles. The lowest BCUT2D eigenvalue weighted by molar-refractivity contribution is -0.125. The standard InChI is InChI=1S/C14H16ClFN2O2/c1-7(2)17-13(19)9-6-10(9)14(20)18-8-3-4-12(16)11(15)5-8/h3-5,7,9-10H,6H2,1-2H3,(H,17,19)(H,18,20). The quantitative estimate of drug-likeness (QED) is 0.897. The van der Waals surface area contributed by atoms with E-state index in [9.17, 15) is 14.0 Å². The van der Waals surface area contributed by atoms with Crippen molar-refractivity contribution in [3.63, 3.8) is 0 Å². The lowest BCUT2D eigenvalue weighted by Crippen LogP contribution is -2.32. The molecule has 0 saturated heterocycles. The van der Waals surface area contributed by atoms with Gasteiger partial charge in [0.2, 0.25) is 11.8 Å². The Balaban J connectivity index is 1.91. The van der Waals surface area contributed by atoms with Gasteiger partial charge in [0.15, 0.2) is 0 Å². The molecule has 2 atom stereocenters. The minimum atomic E-state index is -0.537. The van der Waals surface area contributed by atoms with Gasteiger partial charge < -0.3 is 10.6 Å². The third kappa shape index (κ3) is 3.48. The number of hydrogen-bond donors (Lipinski definition) is 2. The van der Waals surface area contributed by atoms with Crippen molar-refractivity contribution in [1.29, 1.82) is 0 Å². The van der Waals surface area contributed by atoms with Crippen molar-refractivity contribution in [2.75, 3.05) is 5.32 Å². The van der Waals surface area contributed by atoms with Crippen LogP contribution in [-0.2, 0) is 9.59 Å². The van der Waals surface area contributed by atoms with Crippen molar-refractivity contribution in [2.45, 2.75) is 26.3 Å². The summed E-state index contributed by atoms with van der Waals surface area (Å²) in [5.74, 6) is -1.47. The Morgan fingerprint density at radius 2 is 1.95 bits per heavy atom. The molecule has 1 fully saturated rings. The van der Waals surface area contributed by atoms with Crippen LogP contribution in [0, 0.1) is 17.7 Å². The van der Waals surface area contributed by atoms with Crippen molar-refractivity contribution in [3.05, 3.63) is 29.0 Å². The van der Waals surface area contributed by atoms with Crippen LogP contribution in [0.25, 0.3) is 0 Å². The number of halogens is 2. The minimum Gasteiger partial charge on any atom is -0.354 e. The summed E-state index contributed by atoms with van der Waals surface area (Å²) in [5.41, 5.74) is 0.427. The van der Waals surface area contributed by atoms with E-state index in [0.29, 0.717) is 12.1 Å². The summed E-state index contributed by atoms with van der Waals surface area (Å²) in [6, 6.07) is 4.03. The first-order valence-electron chi connectivity index (χ1n) is 6.44. The molecule has 2 unspecified atom stereocenters. The average Bonchev–Trinajstić information content (AvgIpc) is 3.13. The highest BCUT2D eigenvalue weighted by atomic mass is 35.5. The van der Waals surface area contributed by atoms with Gasteiger partial charge in [-0.3, -0.25) is 9.59 Å². The molecule has 2 rings (SSSR count). The van der Waals surface area contributed by atoms with Crippen molar-refractivity contribution in [2.24, 2.45) is 11.8 Å². The van der Waals surface area contributed by atoms with E-state index in [2.05, 4.69) is 10.6 Å². The highest BCUT2D eigenvalue weighted by Crippen LogP contribution is 2.39. The predicted molar refractivity (Wildman–Crippen MR) is 74.9 cm³/mol. The second-order valence-electron chi connectivity index (χ2n) is 5.23. The molecule has 1 aromatic carbocycles. The van der Waals surface area contributed by atoms with Crippen molar-refractivity contribution in [1.82, 2.24) is 5.32 Å². The molecule has 2 N–H and O–H groups in total. The monoisotopic (exact) mass is 298 g/mol. The van der Waals surface area contributed by atoms with Gasteiger partial charge in [0, 0.05) is 11.7 Å². The normalized spacial score (nSPS) is 20.6. The smallest absolute Gasteiger partial charge is 0.228 e. The van der Waals surface area contributed by atoms with E-state index in [-0.39, 0.29) is 34.7 Å². The van der Waals surface area contributed by atoms with E-state index in [1.54, 1.807) is 0 Å². The number of amides is 2. The van der Waals surface area contributed by atoms with Crippen molar-refractivity contribution < 1.29 is 14.0 Å². The maximum absolute atomic E-state index is 13.0. The van der Waals surface area contributed by atoms with Gasteiger partial charge in [-0.25, -0.2) is 4.39 Å². The summed E-state index contributed by atoms with van der Waals surface area (Å²) in [5, 5.41) is 5.37. The van der Waals surface area contributed by atoms with Crippen LogP contribution in [0.15, 0.2) is 18.2 Å². The zero-order valence-corrected chi connectivity index (χ0v) is 12.0. The molecule has 6 heteroatoms. The molecule has 1 aromatic rings. The molecule has 0 aromatic heterocycles. The van der Waals surface area contributed by atoms with Gasteiger partial charge in [-0.05, 0) is 38.5 Å². The van der Waals surface area contributed by atoms with Gasteiger partial charge in [-0.2, -0.15) is 0 Å². The number of hydrogen-bond acceptors (Lipinski definition) is 2. The molecular formula is C14H16ClFN2O2. The summed E-state index contributed by atoms with van der Waals surface area (Å²) in [6.45, 7) is 3.74. The Kier molecular flexibility index (Phi) is 4.28. The molecule has 2 amide bonds. The SMILES string of the molecule is CC(C)NC(=O)C1CC1C(=O)Nc1ccc(F)c(Cl)c1. The maximum Gasteiger partial charge on any atom is 0.228 e. The van der Waals surface area contributed by atoms with E-state index >= 15 is 0 Å². The zero-order chi connectivity index (χ0) is 14.9. The molecule has 1 aliphatic rings. The molecule has 20 heavy (non-hydrogen) atoms. The molecule has 108 valence electrons. The number of anilines is 1. The molecular weight excluding hydrogens is 283 g/mol. The largest absolute Gasteiger partial charge is 0.354 e. The van der Waals surface area contributed by atoms with Crippen LogP contribution in [0.4, 0.5) is 10.1 Å². The average molecular weight is 299 g/mol. The Hall–Kier alpha value is -1.62. The molecule has 1 aliphatic carbocycles. The van der Waals surface area contributed by atoms with Crippen LogP contribution >= 0.6 is 11.6 Å². The van der Waals surface area contributed by atoms with Gasteiger partial charge in [-0.1, -0.05) is 11.6 Å². The van der Waals surface area contributed by atoms with E-state index in [0.717, 1.165) is 0 Å². The number of carbonyl (C=O) groups excluding carboxylic acids is 2. The summed E-state index contributed by atoms with van der Waals surface area (Å²) in [6.07, 6.45) is 0.541. The Labute approximate surface area is 121 Å². The maximum atomic E-state index is 13.0.